The number of hydrogen-bond acceptors (Lipinski definition) is 5. The molecule has 0 bridgehead atoms. The molecule has 0 saturated heterocycles. The van der Waals surface area contributed by atoms with E-state index in [0.29, 0.717) is 17.5 Å². The molecule has 5 nitrogen and oxygen atoms in total. The van der Waals surface area contributed by atoms with Crippen LogP contribution >= 0.6 is 11.6 Å². The van der Waals surface area contributed by atoms with Crippen molar-refractivity contribution in [1.29, 1.82) is 0 Å². The molecule has 6 heteroatoms. The van der Waals surface area contributed by atoms with Crippen molar-refractivity contribution in [2.75, 3.05) is 17.7 Å². The minimum Gasteiger partial charge on any atom is -0.497 e. The van der Waals surface area contributed by atoms with E-state index in [1.54, 1.807) is 7.11 Å². The number of benzene rings is 2. The van der Waals surface area contributed by atoms with Gasteiger partial charge >= 0.3 is 0 Å². The molecule has 0 saturated carbocycles. The van der Waals surface area contributed by atoms with E-state index in [2.05, 4.69) is 20.6 Å². The van der Waals surface area contributed by atoms with Gasteiger partial charge in [0.05, 0.1) is 7.11 Å². The van der Waals surface area contributed by atoms with Crippen LogP contribution in [0.1, 0.15) is 16.8 Å². The second-order valence-corrected chi connectivity index (χ2v) is 6.42. The van der Waals surface area contributed by atoms with Crippen molar-refractivity contribution in [1.82, 2.24) is 9.97 Å². The van der Waals surface area contributed by atoms with E-state index >= 15 is 0 Å². The van der Waals surface area contributed by atoms with Gasteiger partial charge in [0.1, 0.15) is 11.6 Å². The number of aryl methyl sites for hydroxylation is 2. The summed E-state index contributed by atoms with van der Waals surface area (Å²) >= 11 is 6.18. The fourth-order valence-corrected chi connectivity index (χ4v) is 2.63. The second-order valence-electron chi connectivity index (χ2n) is 6.01. The standard InChI is InChI=1S/C20H21ClN4O/c1-13-4-7-16(11-18(13)21)24-20-23-14(2)10-19(25-20)22-12-15-5-8-17(26-3)9-6-15/h4-11H,12H2,1-3H3,(H2,22,23,24,25). The average molecular weight is 369 g/mol. The summed E-state index contributed by atoms with van der Waals surface area (Å²) in [6, 6.07) is 15.6. The maximum Gasteiger partial charge on any atom is 0.229 e. The Kier molecular flexibility index (Phi) is 5.58. The van der Waals surface area contributed by atoms with Crippen LogP contribution in [0, 0.1) is 13.8 Å². The summed E-state index contributed by atoms with van der Waals surface area (Å²) in [5, 5.41) is 7.24. The van der Waals surface area contributed by atoms with Gasteiger partial charge in [-0.25, -0.2) is 4.98 Å². The fraction of sp³-hybridized carbons (Fsp3) is 0.200. The molecule has 3 rings (SSSR count). The first-order valence-corrected chi connectivity index (χ1v) is 8.67. The Hall–Kier alpha value is -2.79. The van der Waals surface area contributed by atoms with Gasteiger partial charge < -0.3 is 15.4 Å². The molecule has 0 spiro atoms. The Morgan fingerprint density at radius 1 is 1.00 bits per heavy atom. The molecule has 0 unspecified atom stereocenters. The minimum atomic E-state index is 0.530. The van der Waals surface area contributed by atoms with Crippen LogP contribution in [0.5, 0.6) is 5.75 Å². The summed E-state index contributed by atoms with van der Waals surface area (Å²) in [6.07, 6.45) is 0. The number of aromatic nitrogens is 2. The van der Waals surface area contributed by atoms with Gasteiger partial charge in [-0.3, -0.25) is 0 Å². The molecule has 0 aliphatic heterocycles. The van der Waals surface area contributed by atoms with Crippen LogP contribution in [-0.2, 0) is 6.54 Å². The summed E-state index contributed by atoms with van der Waals surface area (Å²) in [5.41, 5.74) is 3.90. The first-order chi connectivity index (χ1) is 12.5. The minimum absolute atomic E-state index is 0.530. The van der Waals surface area contributed by atoms with Crippen molar-refractivity contribution in [3.05, 3.63) is 70.4 Å². The molecule has 3 aromatic rings. The molecule has 0 aliphatic rings. The lowest BCUT2D eigenvalue weighted by atomic mass is 10.2. The number of anilines is 3. The molecule has 0 radical (unpaired) electrons. The van der Waals surface area contributed by atoms with E-state index in [-0.39, 0.29) is 0 Å². The third-order valence-electron chi connectivity index (χ3n) is 3.91. The average Bonchev–Trinajstić information content (AvgIpc) is 2.63. The van der Waals surface area contributed by atoms with Crippen molar-refractivity contribution >= 4 is 29.1 Å². The predicted molar refractivity (Wildman–Crippen MR) is 107 cm³/mol. The molecule has 2 N–H and O–H groups in total. The van der Waals surface area contributed by atoms with Gasteiger partial charge in [0.25, 0.3) is 0 Å². The molecule has 26 heavy (non-hydrogen) atoms. The lowest BCUT2D eigenvalue weighted by Crippen LogP contribution is -2.05. The molecule has 2 aromatic carbocycles. The van der Waals surface area contributed by atoms with Gasteiger partial charge in [-0.1, -0.05) is 29.8 Å². The highest BCUT2D eigenvalue weighted by Gasteiger charge is 2.05. The Morgan fingerprint density at radius 3 is 2.46 bits per heavy atom. The maximum absolute atomic E-state index is 6.18. The first kappa shape index (κ1) is 18.0. The number of nitrogens with zero attached hydrogens (tertiary/aromatic N) is 2. The highest BCUT2D eigenvalue weighted by Crippen LogP contribution is 2.22. The van der Waals surface area contributed by atoms with E-state index < -0.39 is 0 Å². The Balaban J connectivity index is 1.71. The lowest BCUT2D eigenvalue weighted by Gasteiger charge is -2.11. The van der Waals surface area contributed by atoms with Crippen LogP contribution in [0.2, 0.25) is 5.02 Å². The van der Waals surface area contributed by atoms with Crippen molar-refractivity contribution in [2.24, 2.45) is 0 Å². The Bertz CT molecular complexity index is 897. The van der Waals surface area contributed by atoms with Crippen molar-refractivity contribution < 1.29 is 4.74 Å². The maximum atomic E-state index is 6.18. The lowest BCUT2D eigenvalue weighted by molar-refractivity contribution is 0.414. The number of rotatable bonds is 6. The molecular weight excluding hydrogens is 348 g/mol. The monoisotopic (exact) mass is 368 g/mol. The summed E-state index contributed by atoms with van der Waals surface area (Å²) in [7, 11) is 1.66. The molecule has 134 valence electrons. The van der Waals surface area contributed by atoms with Crippen LogP contribution in [0.3, 0.4) is 0 Å². The molecule has 1 aromatic heterocycles. The van der Waals surface area contributed by atoms with Crippen molar-refractivity contribution in [3.63, 3.8) is 0 Å². The van der Waals surface area contributed by atoms with Gasteiger partial charge in [-0.2, -0.15) is 4.98 Å². The van der Waals surface area contributed by atoms with Gasteiger partial charge in [0.15, 0.2) is 0 Å². The predicted octanol–water partition coefficient (Wildman–Crippen LogP) is 5.11. The molecule has 0 atom stereocenters. The quantitative estimate of drug-likeness (QED) is 0.633. The van der Waals surface area contributed by atoms with E-state index in [4.69, 9.17) is 16.3 Å². The number of hydrogen-bond donors (Lipinski definition) is 2. The zero-order valence-corrected chi connectivity index (χ0v) is 15.8. The topological polar surface area (TPSA) is 59.1 Å². The van der Waals surface area contributed by atoms with E-state index in [0.717, 1.165) is 34.1 Å². The number of nitrogens with one attached hydrogen (secondary N) is 2. The molecule has 0 aliphatic carbocycles. The van der Waals surface area contributed by atoms with Crippen LogP contribution < -0.4 is 15.4 Å². The van der Waals surface area contributed by atoms with Crippen molar-refractivity contribution in [2.45, 2.75) is 20.4 Å². The van der Waals surface area contributed by atoms with Crippen LogP contribution in [0.25, 0.3) is 0 Å². The van der Waals surface area contributed by atoms with E-state index in [1.165, 1.54) is 0 Å². The number of ether oxygens (including phenoxy) is 1. The van der Waals surface area contributed by atoms with Gasteiger partial charge in [-0.05, 0) is 49.2 Å². The van der Waals surface area contributed by atoms with Crippen LogP contribution in [-0.4, -0.2) is 17.1 Å². The first-order valence-electron chi connectivity index (χ1n) is 8.29. The summed E-state index contributed by atoms with van der Waals surface area (Å²) in [6.45, 7) is 4.57. The summed E-state index contributed by atoms with van der Waals surface area (Å²) in [4.78, 5) is 8.97. The summed E-state index contributed by atoms with van der Waals surface area (Å²) < 4.78 is 5.18. The molecule has 1 heterocycles. The normalized spacial score (nSPS) is 10.5. The SMILES string of the molecule is COc1ccc(CNc2cc(C)nc(Nc3ccc(C)c(Cl)c3)n2)cc1. The van der Waals surface area contributed by atoms with Crippen LogP contribution in [0.15, 0.2) is 48.5 Å². The van der Waals surface area contributed by atoms with Gasteiger partial charge in [-0.15, -0.1) is 0 Å². The Labute approximate surface area is 158 Å². The van der Waals surface area contributed by atoms with Crippen molar-refractivity contribution in [3.8, 4) is 5.75 Å². The Morgan fingerprint density at radius 2 is 1.77 bits per heavy atom. The van der Waals surface area contributed by atoms with Gasteiger partial charge in [0, 0.05) is 29.0 Å². The third-order valence-corrected chi connectivity index (χ3v) is 4.32. The molecular formula is C20H21ClN4O. The van der Waals surface area contributed by atoms with Gasteiger partial charge in [0.2, 0.25) is 5.95 Å². The third kappa shape index (κ3) is 4.64. The van der Waals surface area contributed by atoms with E-state index in [1.807, 2.05) is 62.4 Å². The number of halogens is 1. The highest BCUT2D eigenvalue weighted by atomic mass is 35.5. The summed E-state index contributed by atoms with van der Waals surface area (Å²) in [5.74, 6) is 2.13. The zero-order chi connectivity index (χ0) is 18.5. The zero-order valence-electron chi connectivity index (χ0n) is 15.0. The van der Waals surface area contributed by atoms with E-state index in [9.17, 15) is 0 Å². The smallest absolute Gasteiger partial charge is 0.229 e. The second kappa shape index (κ2) is 8.06. The number of methoxy groups -OCH3 is 1. The molecule has 0 fully saturated rings. The molecule has 0 amide bonds. The highest BCUT2D eigenvalue weighted by molar-refractivity contribution is 6.31. The largest absolute Gasteiger partial charge is 0.497 e. The van der Waals surface area contributed by atoms with Crippen LogP contribution in [0.4, 0.5) is 17.5 Å². The fourth-order valence-electron chi connectivity index (χ4n) is 2.45.